The van der Waals surface area contributed by atoms with Crippen LogP contribution in [0.1, 0.15) is 26.3 Å². The lowest BCUT2D eigenvalue weighted by atomic mass is 10.1. The van der Waals surface area contributed by atoms with Crippen LogP contribution in [0, 0.1) is 30.3 Å². The molecule has 0 atom stereocenters. The second kappa shape index (κ2) is 10.4. The Labute approximate surface area is 194 Å². The summed E-state index contributed by atoms with van der Waals surface area (Å²) in [5, 5.41) is 36.7. The summed E-state index contributed by atoms with van der Waals surface area (Å²) >= 11 is 0. The lowest BCUT2D eigenvalue weighted by Gasteiger charge is -2.05. The molecule has 0 aliphatic heterocycles. The maximum atomic E-state index is 12.3. The van der Waals surface area contributed by atoms with Crippen molar-refractivity contribution in [1.82, 2.24) is 5.43 Å². The van der Waals surface area contributed by atoms with Gasteiger partial charge in [0.1, 0.15) is 11.3 Å². The number of rotatable bonds is 8. The standard InChI is InChI=1S/C21H13N5O9/c27-20(18-3-1-2-4-19(18)26(33)34)23-22-12-13-5-7-17(8-6-13)35-21(28)14-9-15(24(29)30)11-16(10-14)25(31)32/h1-12H,(H,23,27)/b22-12-. The van der Waals surface area contributed by atoms with E-state index in [-0.39, 0.29) is 22.6 Å². The van der Waals surface area contributed by atoms with E-state index in [2.05, 4.69) is 10.5 Å². The van der Waals surface area contributed by atoms with Crippen molar-refractivity contribution in [2.24, 2.45) is 5.10 Å². The fourth-order valence-electron chi connectivity index (χ4n) is 2.76. The number of carbonyl (C=O) groups excluding carboxylic acids is 2. The summed E-state index contributed by atoms with van der Waals surface area (Å²) in [6.45, 7) is 0. The van der Waals surface area contributed by atoms with Crippen LogP contribution in [-0.2, 0) is 0 Å². The third kappa shape index (κ3) is 6.04. The Morgan fingerprint density at radius 3 is 2.00 bits per heavy atom. The molecule has 176 valence electrons. The first kappa shape index (κ1) is 24.1. The predicted octanol–water partition coefficient (Wildman–Crippen LogP) is 3.39. The number of hydrazone groups is 1. The van der Waals surface area contributed by atoms with Crippen molar-refractivity contribution >= 4 is 35.2 Å². The average molecular weight is 479 g/mol. The minimum absolute atomic E-state index is 0.0326. The third-order valence-electron chi connectivity index (χ3n) is 4.38. The van der Waals surface area contributed by atoms with E-state index < -0.39 is 38.0 Å². The van der Waals surface area contributed by atoms with Crippen LogP contribution in [0.3, 0.4) is 0 Å². The average Bonchev–Trinajstić information content (AvgIpc) is 2.84. The van der Waals surface area contributed by atoms with Gasteiger partial charge in [-0.05, 0) is 35.9 Å². The molecule has 0 aliphatic rings. The minimum Gasteiger partial charge on any atom is -0.423 e. The van der Waals surface area contributed by atoms with Crippen molar-refractivity contribution in [3.8, 4) is 5.75 Å². The Bertz CT molecular complexity index is 1340. The van der Waals surface area contributed by atoms with E-state index in [4.69, 9.17) is 4.74 Å². The van der Waals surface area contributed by atoms with Crippen LogP contribution in [0.5, 0.6) is 5.75 Å². The molecular weight excluding hydrogens is 466 g/mol. The van der Waals surface area contributed by atoms with Gasteiger partial charge in [0, 0.05) is 18.2 Å². The fourth-order valence-corrected chi connectivity index (χ4v) is 2.76. The van der Waals surface area contributed by atoms with E-state index in [1.54, 1.807) is 0 Å². The number of amides is 1. The number of carbonyl (C=O) groups is 2. The maximum absolute atomic E-state index is 12.3. The zero-order chi connectivity index (χ0) is 25.5. The van der Waals surface area contributed by atoms with Crippen LogP contribution in [0.4, 0.5) is 17.1 Å². The van der Waals surface area contributed by atoms with Gasteiger partial charge >= 0.3 is 5.97 Å². The second-order valence-corrected chi connectivity index (χ2v) is 6.68. The highest BCUT2D eigenvalue weighted by molar-refractivity contribution is 5.98. The molecule has 35 heavy (non-hydrogen) atoms. The molecule has 3 aromatic rings. The zero-order valence-corrected chi connectivity index (χ0v) is 17.4. The summed E-state index contributed by atoms with van der Waals surface area (Å²) in [6, 6.07) is 13.4. The van der Waals surface area contributed by atoms with Crippen LogP contribution >= 0.6 is 0 Å². The predicted molar refractivity (Wildman–Crippen MR) is 119 cm³/mol. The number of benzene rings is 3. The molecule has 0 unspecified atom stereocenters. The summed E-state index contributed by atoms with van der Waals surface area (Å²) in [4.78, 5) is 55.0. The van der Waals surface area contributed by atoms with Gasteiger partial charge < -0.3 is 4.74 Å². The Hall–Kier alpha value is -5.53. The molecule has 0 fully saturated rings. The van der Waals surface area contributed by atoms with Crippen molar-refractivity contribution in [2.45, 2.75) is 0 Å². The van der Waals surface area contributed by atoms with Gasteiger partial charge in [-0.25, -0.2) is 10.2 Å². The molecule has 0 aromatic heterocycles. The normalized spacial score (nSPS) is 10.5. The van der Waals surface area contributed by atoms with E-state index in [1.807, 2.05) is 0 Å². The monoisotopic (exact) mass is 479 g/mol. The number of nitro groups is 3. The second-order valence-electron chi connectivity index (χ2n) is 6.68. The molecule has 0 aliphatic carbocycles. The zero-order valence-electron chi connectivity index (χ0n) is 17.4. The maximum Gasteiger partial charge on any atom is 0.344 e. The van der Waals surface area contributed by atoms with Crippen molar-refractivity contribution in [3.63, 3.8) is 0 Å². The highest BCUT2D eigenvalue weighted by Gasteiger charge is 2.21. The quantitative estimate of drug-likeness (QED) is 0.165. The molecule has 3 aromatic carbocycles. The van der Waals surface area contributed by atoms with E-state index in [0.717, 1.165) is 18.2 Å². The van der Waals surface area contributed by atoms with Gasteiger partial charge in [0.05, 0.1) is 32.6 Å². The SMILES string of the molecule is O=C(Oc1ccc(/C=N\NC(=O)c2ccccc2[N+](=O)[O-])cc1)c1cc([N+](=O)[O-])cc([N+](=O)[O-])c1. The Kier molecular flexibility index (Phi) is 7.16. The number of para-hydroxylation sites is 1. The molecule has 0 heterocycles. The number of esters is 1. The number of non-ortho nitro benzene ring substituents is 2. The van der Waals surface area contributed by atoms with Crippen molar-refractivity contribution in [2.75, 3.05) is 0 Å². The van der Waals surface area contributed by atoms with Crippen LogP contribution in [0.15, 0.2) is 71.8 Å². The van der Waals surface area contributed by atoms with Crippen LogP contribution in [-0.4, -0.2) is 32.9 Å². The minimum atomic E-state index is -1.05. The van der Waals surface area contributed by atoms with Gasteiger partial charge in [-0.15, -0.1) is 0 Å². The molecule has 14 heteroatoms. The molecular formula is C21H13N5O9. The van der Waals surface area contributed by atoms with E-state index in [9.17, 15) is 39.9 Å². The molecule has 0 saturated carbocycles. The number of nitrogens with zero attached hydrogens (tertiary/aromatic N) is 4. The molecule has 0 radical (unpaired) electrons. The van der Waals surface area contributed by atoms with Gasteiger partial charge in [-0.3, -0.25) is 35.1 Å². The van der Waals surface area contributed by atoms with Crippen LogP contribution < -0.4 is 10.2 Å². The van der Waals surface area contributed by atoms with E-state index in [0.29, 0.717) is 5.56 Å². The largest absolute Gasteiger partial charge is 0.423 e. The Balaban J connectivity index is 1.67. The number of ether oxygens (including phenoxy) is 1. The summed E-state index contributed by atoms with van der Waals surface area (Å²) in [7, 11) is 0. The number of nitro benzene ring substituents is 3. The Morgan fingerprint density at radius 2 is 1.43 bits per heavy atom. The highest BCUT2D eigenvalue weighted by atomic mass is 16.6. The van der Waals surface area contributed by atoms with Crippen LogP contribution in [0.25, 0.3) is 0 Å². The van der Waals surface area contributed by atoms with Gasteiger partial charge in [0.15, 0.2) is 0 Å². The summed E-state index contributed by atoms with van der Waals surface area (Å²) in [6.07, 6.45) is 1.24. The Morgan fingerprint density at radius 1 is 0.829 bits per heavy atom. The topological polar surface area (TPSA) is 197 Å². The first-order valence-corrected chi connectivity index (χ1v) is 9.48. The highest BCUT2D eigenvalue weighted by Crippen LogP contribution is 2.24. The van der Waals surface area contributed by atoms with E-state index in [1.165, 1.54) is 54.7 Å². The number of nitrogens with one attached hydrogen (secondary N) is 1. The third-order valence-corrected chi connectivity index (χ3v) is 4.38. The molecule has 1 amide bonds. The first-order chi connectivity index (χ1) is 16.7. The van der Waals surface area contributed by atoms with Gasteiger partial charge in [-0.2, -0.15) is 5.10 Å². The van der Waals surface area contributed by atoms with Gasteiger partial charge in [0.25, 0.3) is 23.0 Å². The number of hydrogen-bond donors (Lipinski definition) is 1. The fraction of sp³-hybridized carbons (Fsp3) is 0. The smallest absolute Gasteiger partial charge is 0.344 e. The molecule has 0 saturated heterocycles. The van der Waals surface area contributed by atoms with Crippen molar-refractivity contribution in [1.29, 1.82) is 0 Å². The summed E-state index contributed by atoms with van der Waals surface area (Å²) in [5.74, 6) is -1.80. The van der Waals surface area contributed by atoms with Gasteiger partial charge in [0.2, 0.25) is 0 Å². The lowest BCUT2D eigenvalue weighted by molar-refractivity contribution is -0.394. The molecule has 0 bridgehead atoms. The molecule has 1 N–H and O–H groups in total. The van der Waals surface area contributed by atoms with Crippen molar-refractivity contribution < 1.29 is 29.1 Å². The lowest BCUT2D eigenvalue weighted by Crippen LogP contribution is -2.18. The molecule has 14 nitrogen and oxygen atoms in total. The van der Waals surface area contributed by atoms with Gasteiger partial charge in [-0.1, -0.05) is 12.1 Å². The molecule has 3 rings (SSSR count). The van der Waals surface area contributed by atoms with E-state index >= 15 is 0 Å². The van der Waals surface area contributed by atoms with Crippen molar-refractivity contribution in [3.05, 3.63) is 114 Å². The van der Waals surface area contributed by atoms with Crippen LogP contribution in [0.2, 0.25) is 0 Å². The summed E-state index contributed by atoms with van der Waals surface area (Å²) in [5.41, 5.74) is 0.428. The molecule has 0 spiro atoms. The summed E-state index contributed by atoms with van der Waals surface area (Å²) < 4.78 is 5.10. The number of hydrogen-bond acceptors (Lipinski definition) is 10. The first-order valence-electron chi connectivity index (χ1n) is 9.48.